The van der Waals surface area contributed by atoms with Crippen LogP contribution in [0.2, 0.25) is 0 Å². The van der Waals surface area contributed by atoms with E-state index < -0.39 is 12.1 Å². The Morgan fingerprint density at radius 2 is 1.86 bits per heavy atom. The fourth-order valence-electron chi connectivity index (χ4n) is 1.98. The van der Waals surface area contributed by atoms with E-state index in [1.807, 2.05) is 24.3 Å². The first-order chi connectivity index (χ1) is 10.6. The van der Waals surface area contributed by atoms with Gasteiger partial charge in [0.05, 0.1) is 19.8 Å². The lowest BCUT2D eigenvalue weighted by Gasteiger charge is -2.16. The average Bonchev–Trinajstić information content (AvgIpc) is 2.55. The van der Waals surface area contributed by atoms with Crippen LogP contribution < -0.4 is 10.1 Å². The first-order valence-corrected chi connectivity index (χ1v) is 7.69. The number of carbonyl (C=O) groups is 2. The highest BCUT2D eigenvalue weighted by Gasteiger charge is 2.19. The second-order valence-corrected chi connectivity index (χ2v) is 5.06. The second-order valence-electron chi connectivity index (χ2n) is 5.06. The molecule has 1 aromatic carbocycles. The normalized spacial score (nSPS) is 11.6. The van der Waals surface area contributed by atoms with Crippen molar-refractivity contribution in [1.29, 1.82) is 0 Å². The van der Waals surface area contributed by atoms with E-state index in [-0.39, 0.29) is 5.78 Å². The van der Waals surface area contributed by atoms with Crippen molar-refractivity contribution in [3.8, 4) is 5.75 Å². The largest absolute Gasteiger partial charge is 0.494 e. The number of benzene rings is 1. The number of carbonyl (C=O) groups excluding carboxylic acids is 2. The molecule has 1 rings (SSSR count). The van der Waals surface area contributed by atoms with Crippen molar-refractivity contribution in [2.75, 3.05) is 13.7 Å². The minimum absolute atomic E-state index is 0.0197. The molecule has 0 fully saturated rings. The number of Topliss-reactive ketones (excluding diaryl/α,β-unsaturated/α-hetero) is 1. The molecule has 0 aliphatic carbocycles. The molecule has 1 amide bonds. The van der Waals surface area contributed by atoms with E-state index in [1.165, 1.54) is 7.11 Å². The fourth-order valence-corrected chi connectivity index (χ4v) is 1.98. The molecule has 0 aromatic heterocycles. The number of alkyl carbamates (subject to hydrolysis) is 1. The summed E-state index contributed by atoms with van der Waals surface area (Å²) in [4.78, 5) is 23.2. The molecular weight excluding hydrogens is 282 g/mol. The maximum atomic E-state index is 11.9. The smallest absolute Gasteiger partial charge is 0.407 e. The minimum atomic E-state index is -0.591. The average molecular weight is 307 g/mol. The van der Waals surface area contributed by atoms with E-state index in [4.69, 9.17) is 4.74 Å². The summed E-state index contributed by atoms with van der Waals surface area (Å²) in [5, 5.41) is 2.58. The lowest BCUT2D eigenvalue weighted by molar-refractivity contribution is -0.120. The number of methoxy groups -OCH3 is 1. The van der Waals surface area contributed by atoms with Gasteiger partial charge in [-0.3, -0.25) is 4.79 Å². The minimum Gasteiger partial charge on any atom is -0.494 e. The van der Waals surface area contributed by atoms with Crippen LogP contribution >= 0.6 is 0 Å². The summed E-state index contributed by atoms with van der Waals surface area (Å²) in [5.74, 6) is 0.796. The van der Waals surface area contributed by atoms with Crippen molar-refractivity contribution in [3.05, 3.63) is 29.8 Å². The van der Waals surface area contributed by atoms with Crippen LogP contribution in [-0.4, -0.2) is 31.6 Å². The number of ketones is 1. The molecule has 1 N–H and O–H groups in total. The van der Waals surface area contributed by atoms with E-state index in [0.717, 1.165) is 24.2 Å². The van der Waals surface area contributed by atoms with Crippen molar-refractivity contribution in [2.24, 2.45) is 0 Å². The fraction of sp³-hybridized carbons (Fsp3) is 0.529. The topological polar surface area (TPSA) is 64.6 Å². The first kappa shape index (κ1) is 18.0. The van der Waals surface area contributed by atoms with Crippen LogP contribution in [0.3, 0.4) is 0 Å². The number of amides is 1. The Morgan fingerprint density at radius 3 is 2.41 bits per heavy atom. The van der Waals surface area contributed by atoms with Crippen LogP contribution in [0.15, 0.2) is 24.3 Å². The van der Waals surface area contributed by atoms with Gasteiger partial charge in [-0.15, -0.1) is 0 Å². The van der Waals surface area contributed by atoms with Crippen molar-refractivity contribution in [2.45, 2.75) is 45.6 Å². The summed E-state index contributed by atoms with van der Waals surface area (Å²) in [5.41, 5.74) is 0.964. The Labute approximate surface area is 132 Å². The molecule has 122 valence electrons. The molecule has 0 saturated carbocycles. The lowest BCUT2D eigenvalue weighted by Crippen LogP contribution is -2.42. The Balaban J connectivity index is 2.64. The molecule has 0 radical (unpaired) electrons. The quantitative estimate of drug-likeness (QED) is 0.712. The molecule has 0 unspecified atom stereocenters. The molecule has 0 saturated heterocycles. The third-order valence-electron chi connectivity index (χ3n) is 3.34. The monoisotopic (exact) mass is 307 g/mol. The van der Waals surface area contributed by atoms with Gasteiger partial charge in [0.15, 0.2) is 5.78 Å². The van der Waals surface area contributed by atoms with Gasteiger partial charge >= 0.3 is 6.09 Å². The molecule has 0 aliphatic heterocycles. The van der Waals surface area contributed by atoms with E-state index in [1.54, 1.807) is 6.92 Å². The number of ether oxygens (including phenoxy) is 2. The summed E-state index contributed by atoms with van der Waals surface area (Å²) < 4.78 is 10.2. The Bertz CT molecular complexity index is 470. The highest BCUT2D eigenvalue weighted by Crippen LogP contribution is 2.14. The van der Waals surface area contributed by atoms with Gasteiger partial charge in [-0.1, -0.05) is 32.4 Å². The van der Waals surface area contributed by atoms with Gasteiger partial charge in [-0.25, -0.2) is 4.79 Å². The summed E-state index contributed by atoms with van der Waals surface area (Å²) in [6.45, 7) is 4.60. The summed E-state index contributed by atoms with van der Waals surface area (Å²) in [6.07, 6.45) is 2.34. The summed E-state index contributed by atoms with van der Waals surface area (Å²) in [6, 6.07) is 7.03. The van der Waals surface area contributed by atoms with Gasteiger partial charge in [0, 0.05) is 6.42 Å². The predicted molar refractivity (Wildman–Crippen MR) is 85.2 cm³/mol. The van der Waals surface area contributed by atoms with Crippen molar-refractivity contribution < 1.29 is 19.1 Å². The summed E-state index contributed by atoms with van der Waals surface area (Å²) in [7, 11) is 1.28. The van der Waals surface area contributed by atoms with Gasteiger partial charge in [-0.05, 0) is 30.5 Å². The zero-order chi connectivity index (χ0) is 16.4. The standard InChI is InChI=1S/C17H25NO4/c1-4-6-11-22-14-9-7-13(8-10-14)12-15(16(19)5-2)18-17(20)21-3/h7-10,15H,4-6,11-12H2,1-3H3,(H,18,20)/t15-/m0/s1. The zero-order valence-electron chi connectivity index (χ0n) is 13.6. The maximum absolute atomic E-state index is 11.9. The third kappa shape index (κ3) is 6.16. The number of unbranched alkanes of at least 4 members (excludes halogenated alkanes) is 1. The van der Waals surface area contributed by atoms with E-state index in [2.05, 4.69) is 17.0 Å². The van der Waals surface area contributed by atoms with Crippen molar-refractivity contribution in [3.63, 3.8) is 0 Å². The van der Waals surface area contributed by atoms with Gasteiger partial charge in [-0.2, -0.15) is 0 Å². The molecule has 0 heterocycles. The van der Waals surface area contributed by atoms with Crippen LogP contribution in [0.1, 0.15) is 38.7 Å². The van der Waals surface area contributed by atoms with Crippen LogP contribution in [0.4, 0.5) is 4.79 Å². The lowest BCUT2D eigenvalue weighted by atomic mass is 10.0. The van der Waals surface area contributed by atoms with E-state index in [0.29, 0.717) is 19.4 Å². The highest BCUT2D eigenvalue weighted by molar-refractivity contribution is 5.87. The maximum Gasteiger partial charge on any atom is 0.407 e. The van der Waals surface area contributed by atoms with Gasteiger partial charge < -0.3 is 14.8 Å². The zero-order valence-corrected chi connectivity index (χ0v) is 13.6. The molecular formula is C17H25NO4. The molecule has 5 heteroatoms. The number of hydrogen-bond acceptors (Lipinski definition) is 4. The van der Waals surface area contributed by atoms with Crippen molar-refractivity contribution in [1.82, 2.24) is 5.32 Å². The summed E-state index contributed by atoms with van der Waals surface area (Å²) >= 11 is 0. The molecule has 0 spiro atoms. The molecule has 22 heavy (non-hydrogen) atoms. The third-order valence-corrected chi connectivity index (χ3v) is 3.34. The van der Waals surface area contributed by atoms with Crippen LogP contribution in [-0.2, 0) is 16.0 Å². The molecule has 5 nitrogen and oxygen atoms in total. The van der Waals surface area contributed by atoms with Crippen molar-refractivity contribution >= 4 is 11.9 Å². The van der Waals surface area contributed by atoms with Crippen LogP contribution in [0.5, 0.6) is 5.75 Å². The second kappa shape index (κ2) is 9.82. The Hall–Kier alpha value is -2.04. The Morgan fingerprint density at radius 1 is 1.18 bits per heavy atom. The number of nitrogens with one attached hydrogen (secondary N) is 1. The highest BCUT2D eigenvalue weighted by atomic mass is 16.5. The number of rotatable bonds is 9. The van der Waals surface area contributed by atoms with Gasteiger partial charge in [0.2, 0.25) is 0 Å². The first-order valence-electron chi connectivity index (χ1n) is 7.69. The molecule has 1 atom stereocenters. The Kier molecular flexibility index (Phi) is 8.04. The molecule has 1 aromatic rings. The van der Waals surface area contributed by atoms with Crippen LogP contribution in [0, 0.1) is 0 Å². The molecule has 0 aliphatic rings. The van der Waals surface area contributed by atoms with Gasteiger partial charge in [0.1, 0.15) is 5.75 Å². The van der Waals surface area contributed by atoms with E-state index >= 15 is 0 Å². The van der Waals surface area contributed by atoms with E-state index in [9.17, 15) is 9.59 Å². The predicted octanol–water partition coefficient (Wildman–Crippen LogP) is 3.11. The van der Waals surface area contributed by atoms with Crippen LogP contribution in [0.25, 0.3) is 0 Å². The number of hydrogen-bond donors (Lipinski definition) is 1. The van der Waals surface area contributed by atoms with Gasteiger partial charge in [0.25, 0.3) is 0 Å². The molecule has 0 bridgehead atoms. The SMILES string of the molecule is CCCCOc1ccc(C[C@H](NC(=O)OC)C(=O)CC)cc1.